The predicted molar refractivity (Wildman–Crippen MR) is 98.7 cm³/mol. The molecular weight excluding hydrogens is 328 g/mol. The van der Waals surface area contributed by atoms with Gasteiger partial charge in [0.2, 0.25) is 5.88 Å². The number of anilines is 1. The number of pyridine rings is 1. The second-order valence-corrected chi connectivity index (χ2v) is 6.08. The summed E-state index contributed by atoms with van der Waals surface area (Å²) in [6, 6.07) is 11.4. The molecule has 0 radical (unpaired) electrons. The van der Waals surface area contributed by atoms with Crippen molar-refractivity contribution in [2.75, 3.05) is 12.4 Å². The van der Waals surface area contributed by atoms with Gasteiger partial charge in [-0.1, -0.05) is 18.2 Å². The highest BCUT2D eigenvalue weighted by molar-refractivity contribution is 5.49. The molecule has 1 aromatic carbocycles. The van der Waals surface area contributed by atoms with E-state index in [-0.39, 0.29) is 0 Å². The van der Waals surface area contributed by atoms with Gasteiger partial charge in [-0.3, -0.25) is 0 Å². The number of aryl methyl sites for hydroxylation is 1. The third-order valence-electron chi connectivity index (χ3n) is 4.45. The molecule has 2 aromatic heterocycles. The molecule has 0 fully saturated rings. The SMILES string of the molecule is COc1ccccc1Oc1ncccc1CNc1ncnc2c1CCC2. The summed E-state index contributed by atoms with van der Waals surface area (Å²) < 4.78 is 11.4. The van der Waals surface area contributed by atoms with Crippen molar-refractivity contribution in [1.82, 2.24) is 15.0 Å². The van der Waals surface area contributed by atoms with Crippen LogP contribution in [0.1, 0.15) is 23.2 Å². The summed E-state index contributed by atoms with van der Waals surface area (Å²) in [5.41, 5.74) is 3.33. The lowest BCUT2D eigenvalue weighted by Crippen LogP contribution is -2.07. The fourth-order valence-corrected chi connectivity index (χ4v) is 3.15. The van der Waals surface area contributed by atoms with Crippen LogP contribution in [0.25, 0.3) is 0 Å². The van der Waals surface area contributed by atoms with E-state index in [1.54, 1.807) is 19.6 Å². The monoisotopic (exact) mass is 348 g/mol. The summed E-state index contributed by atoms with van der Waals surface area (Å²) >= 11 is 0. The first-order chi connectivity index (χ1) is 12.8. The molecule has 6 heteroatoms. The zero-order chi connectivity index (χ0) is 17.8. The number of hydrogen-bond donors (Lipinski definition) is 1. The highest BCUT2D eigenvalue weighted by atomic mass is 16.5. The van der Waals surface area contributed by atoms with Crippen LogP contribution in [-0.2, 0) is 19.4 Å². The molecule has 0 amide bonds. The van der Waals surface area contributed by atoms with Crippen molar-refractivity contribution in [2.24, 2.45) is 0 Å². The zero-order valence-electron chi connectivity index (χ0n) is 14.6. The van der Waals surface area contributed by atoms with Crippen molar-refractivity contribution in [3.05, 3.63) is 65.7 Å². The van der Waals surface area contributed by atoms with Gasteiger partial charge in [-0.2, -0.15) is 0 Å². The highest BCUT2D eigenvalue weighted by Gasteiger charge is 2.17. The summed E-state index contributed by atoms with van der Waals surface area (Å²) in [6.07, 6.45) is 6.54. The van der Waals surface area contributed by atoms with E-state index in [0.29, 0.717) is 23.9 Å². The number of para-hydroxylation sites is 2. The number of ether oxygens (including phenoxy) is 2. The summed E-state index contributed by atoms with van der Waals surface area (Å²) in [5.74, 6) is 2.76. The van der Waals surface area contributed by atoms with Crippen LogP contribution in [0.4, 0.5) is 5.82 Å². The first-order valence-corrected chi connectivity index (χ1v) is 8.66. The van der Waals surface area contributed by atoms with E-state index in [2.05, 4.69) is 20.3 Å². The van der Waals surface area contributed by atoms with Gasteiger partial charge < -0.3 is 14.8 Å². The second-order valence-electron chi connectivity index (χ2n) is 6.08. The molecule has 0 saturated carbocycles. The first kappa shape index (κ1) is 16.3. The Morgan fingerprint density at radius 2 is 1.88 bits per heavy atom. The largest absolute Gasteiger partial charge is 0.493 e. The fourth-order valence-electron chi connectivity index (χ4n) is 3.15. The topological polar surface area (TPSA) is 69.2 Å². The molecule has 4 rings (SSSR count). The molecule has 2 heterocycles. The molecular formula is C20H20N4O2. The van der Waals surface area contributed by atoms with Gasteiger partial charge in [0, 0.05) is 29.6 Å². The van der Waals surface area contributed by atoms with Crippen LogP contribution in [0.3, 0.4) is 0 Å². The van der Waals surface area contributed by atoms with Gasteiger partial charge >= 0.3 is 0 Å². The standard InChI is InChI=1S/C20H20N4O2/c1-25-17-9-2-3-10-18(17)26-20-14(6-5-11-21-20)12-22-19-15-7-4-8-16(15)23-13-24-19/h2-3,5-6,9-11,13H,4,7-8,12H2,1H3,(H,22,23,24). The normalized spacial score (nSPS) is 12.5. The third kappa shape index (κ3) is 3.31. The van der Waals surface area contributed by atoms with E-state index < -0.39 is 0 Å². The Morgan fingerprint density at radius 3 is 2.77 bits per heavy atom. The van der Waals surface area contributed by atoms with E-state index in [1.165, 1.54) is 5.56 Å². The molecule has 0 unspecified atom stereocenters. The number of aromatic nitrogens is 3. The lowest BCUT2D eigenvalue weighted by Gasteiger charge is -2.14. The minimum Gasteiger partial charge on any atom is -0.493 e. The van der Waals surface area contributed by atoms with Crippen LogP contribution in [0, 0.1) is 0 Å². The maximum absolute atomic E-state index is 6.00. The van der Waals surface area contributed by atoms with Crippen LogP contribution in [0.2, 0.25) is 0 Å². The number of fused-ring (bicyclic) bond motifs is 1. The van der Waals surface area contributed by atoms with Crippen molar-refractivity contribution in [3.63, 3.8) is 0 Å². The van der Waals surface area contributed by atoms with Gasteiger partial charge in [0.1, 0.15) is 12.1 Å². The Labute approximate surface area is 152 Å². The van der Waals surface area contributed by atoms with Gasteiger partial charge in [-0.15, -0.1) is 0 Å². The molecule has 0 spiro atoms. The maximum atomic E-state index is 6.00. The lowest BCUT2D eigenvalue weighted by atomic mass is 10.2. The highest BCUT2D eigenvalue weighted by Crippen LogP contribution is 2.32. The van der Waals surface area contributed by atoms with Crippen molar-refractivity contribution in [3.8, 4) is 17.4 Å². The summed E-state index contributed by atoms with van der Waals surface area (Å²) in [4.78, 5) is 13.2. The number of nitrogens with one attached hydrogen (secondary N) is 1. The van der Waals surface area contributed by atoms with Crippen molar-refractivity contribution in [2.45, 2.75) is 25.8 Å². The number of methoxy groups -OCH3 is 1. The van der Waals surface area contributed by atoms with E-state index in [0.717, 1.165) is 36.3 Å². The number of benzene rings is 1. The van der Waals surface area contributed by atoms with Crippen molar-refractivity contribution in [1.29, 1.82) is 0 Å². The molecule has 132 valence electrons. The van der Waals surface area contributed by atoms with Crippen LogP contribution < -0.4 is 14.8 Å². The molecule has 1 aliphatic rings. The van der Waals surface area contributed by atoms with E-state index in [1.807, 2.05) is 36.4 Å². The molecule has 26 heavy (non-hydrogen) atoms. The van der Waals surface area contributed by atoms with E-state index in [4.69, 9.17) is 9.47 Å². The minimum absolute atomic E-state index is 0.551. The van der Waals surface area contributed by atoms with Crippen LogP contribution >= 0.6 is 0 Å². The number of hydrogen-bond acceptors (Lipinski definition) is 6. The Kier molecular flexibility index (Phi) is 4.64. The smallest absolute Gasteiger partial charge is 0.224 e. The molecule has 0 saturated heterocycles. The Morgan fingerprint density at radius 1 is 1.00 bits per heavy atom. The Bertz CT molecular complexity index is 914. The average Bonchev–Trinajstić information content (AvgIpc) is 3.17. The van der Waals surface area contributed by atoms with Gasteiger partial charge in [0.25, 0.3) is 0 Å². The predicted octanol–water partition coefficient (Wildman–Crippen LogP) is 3.77. The first-order valence-electron chi connectivity index (χ1n) is 8.66. The quantitative estimate of drug-likeness (QED) is 0.731. The van der Waals surface area contributed by atoms with Gasteiger partial charge in [0.05, 0.1) is 7.11 Å². The van der Waals surface area contributed by atoms with Crippen molar-refractivity contribution >= 4 is 5.82 Å². The second kappa shape index (κ2) is 7.39. The lowest BCUT2D eigenvalue weighted by molar-refractivity contribution is 0.373. The van der Waals surface area contributed by atoms with Gasteiger partial charge in [-0.05, 0) is 37.5 Å². The zero-order valence-corrected chi connectivity index (χ0v) is 14.6. The summed E-state index contributed by atoms with van der Waals surface area (Å²) in [7, 11) is 1.62. The molecule has 0 aliphatic heterocycles. The molecule has 1 aliphatic carbocycles. The fraction of sp³-hybridized carbons (Fsp3) is 0.250. The maximum Gasteiger partial charge on any atom is 0.224 e. The van der Waals surface area contributed by atoms with Crippen molar-refractivity contribution < 1.29 is 9.47 Å². The molecule has 1 N–H and O–H groups in total. The summed E-state index contributed by atoms with van der Waals surface area (Å²) in [5, 5.41) is 3.41. The molecule has 6 nitrogen and oxygen atoms in total. The van der Waals surface area contributed by atoms with Gasteiger partial charge in [0.15, 0.2) is 11.5 Å². The molecule has 3 aromatic rings. The van der Waals surface area contributed by atoms with Gasteiger partial charge in [-0.25, -0.2) is 15.0 Å². The van der Waals surface area contributed by atoms with E-state index in [9.17, 15) is 0 Å². The van der Waals surface area contributed by atoms with E-state index >= 15 is 0 Å². The Balaban J connectivity index is 1.54. The Hall–Kier alpha value is -3.15. The van der Waals surface area contributed by atoms with Crippen LogP contribution in [-0.4, -0.2) is 22.1 Å². The molecule has 0 bridgehead atoms. The minimum atomic E-state index is 0.551. The van der Waals surface area contributed by atoms with Crippen LogP contribution in [0.15, 0.2) is 48.9 Å². The van der Waals surface area contributed by atoms with Crippen LogP contribution in [0.5, 0.6) is 17.4 Å². The number of rotatable bonds is 6. The summed E-state index contributed by atoms with van der Waals surface area (Å²) in [6.45, 7) is 0.571. The third-order valence-corrected chi connectivity index (χ3v) is 4.45. The number of nitrogens with zero attached hydrogens (tertiary/aromatic N) is 3. The molecule has 0 atom stereocenters. The average molecular weight is 348 g/mol.